The number of hydrogen-bond acceptors (Lipinski definition) is 4. The van der Waals surface area contributed by atoms with Crippen molar-refractivity contribution in [2.24, 2.45) is 0 Å². The summed E-state index contributed by atoms with van der Waals surface area (Å²) in [5.41, 5.74) is 2.74. The van der Waals surface area contributed by atoms with E-state index in [9.17, 15) is 9.90 Å². The molecule has 2 aromatic carbocycles. The second-order valence-corrected chi connectivity index (χ2v) is 5.11. The molecule has 1 N–H and O–H groups in total. The van der Waals surface area contributed by atoms with Gasteiger partial charge in [-0.3, -0.25) is 0 Å². The maximum Gasteiger partial charge on any atom is 0.343 e. The number of carbonyl (C=O) groups excluding carboxylic acids is 1. The van der Waals surface area contributed by atoms with Crippen LogP contribution in [0.4, 0.5) is 0 Å². The Labute approximate surface area is 122 Å². The van der Waals surface area contributed by atoms with Crippen molar-refractivity contribution >= 4 is 5.97 Å². The van der Waals surface area contributed by atoms with Crippen molar-refractivity contribution in [3.05, 3.63) is 64.7 Å². The number of ether oxygens (including phenoxy) is 2. The van der Waals surface area contributed by atoms with E-state index in [1.165, 1.54) is 7.11 Å². The summed E-state index contributed by atoms with van der Waals surface area (Å²) in [7, 11) is 1.52. The van der Waals surface area contributed by atoms with Gasteiger partial charge in [0, 0.05) is 5.56 Å². The molecule has 0 amide bonds. The molecule has 1 heterocycles. The number of carbonyl (C=O) groups is 1. The predicted molar refractivity (Wildman–Crippen MR) is 77.3 cm³/mol. The summed E-state index contributed by atoms with van der Waals surface area (Å²) >= 11 is 0. The van der Waals surface area contributed by atoms with Gasteiger partial charge in [0.2, 0.25) is 0 Å². The lowest BCUT2D eigenvalue weighted by molar-refractivity contribution is -0.0103. The van der Waals surface area contributed by atoms with E-state index in [0.29, 0.717) is 22.4 Å². The lowest BCUT2D eigenvalue weighted by Crippen LogP contribution is -2.10. The van der Waals surface area contributed by atoms with E-state index in [1.807, 2.05) is 43.3 Å². The van der Waals surface area contributed by atoms with Crippen LogP contribution in [0.5, 0.6) is 5.75 Å². The van der Waals surface area contributed by atoms with Crippen LogP contribution in [-0.2, 0) is 4.74 Å². The number of methoxy groups -OCH3 is 1. The number of aryl methyl sites for hydroxylation is 1. The molecule has 4 nitrogen and oxygen atoms in total. The van der Waals surface area contributed by atoms with Crippen molar-refractivity contribution in [1.82, 2.24) is 0 Å². The molecule has 0 aromatic heterocycles. The van der Waals surface area contributed by atoms with Crippen LogP contribution in [0.1, 0.15) is 39.3 Å². The smallest absolute Gasteiger partial charge is 0.343 e. The number of esters is 1. The molecule has 0 unspecified atom stereocenters. The molecule has 0 fully saturated rings. The number of aliphatic hydroxyl groups excluding tert-OH is 1. The van der Waals surface area contributed by atoms with Gasteiger partial charge in [0.25, 0.3) is 0 Å². The van der Waals surface area contributed by atoms with Crippen LogP contribution >= 0.6 is 0 Å². The van der Waals surface area contributed by atoms with E-state index in [0.717, 1.165) is 5.56 Å². The molecular formula is C17H16O4. The van der Waals surface area contributed by atoms with Gasteiger partial charge in [-0.25, -0.2) is 4.79 Å². The normalized spacial score (nSPS) is 18.0. The molecular weight excluding hydrogens is 268 g/mol. The van der Waals surface area contributed by atoms with Crippen molar-refractivity contribution in [2.75, 3.05) is 7.11 Å². The van der Waals surface area contributed by atoms with Gasteiger partial charge in [-0.2, -0.15) is 0 Å². The summed E-state index contributed by atoms with van der Waals surface area (Å²) in [5.74, 6) is 0.0274. The first-order valence-corrected chi connectivity index (χ1v) is 6.74. The average Bonchev–Trinajstić information content (AvgIpc) is 2.83. The standard InChI is InChI=1S/C17H16O4/c1-10-8-12-14(13(9-10)20-2)17(19)21-16(12)15(18)11-6-4-3-5-7-11/h3-9,15-16,18H,1-2H3/t15-,16-/m0/s1. The lowest BCUT2D eigenvalue weighted by Gasteiger charge is -2.18. The third-order valence-corrected chi connectivity index (χ3v) is 3.67. The van der Waals surface area contributed by atoms with Gasteiger partial charge in [-0.1, -0.05) is 36.4 Å². The second-order valence-electron chi connectivity index (χ2n) is 5.11. The fraction of sp³-hybridized carbons (Fsp3) is 0.235. The van der Waals surface area contributed by atoms with Crippen molar-refractivity contribution < 1.29 is 19.4 Å². The largest absolute Gasteiger partial charge is 0.496 e. The quantitative estimate of drug-likeness (QED) is 0.880. The summed E-state index contributed by atoms with van der Waals surface area (Å²) < 4.78 is 10.6. The number of benzene rings is 2. The van der Waals surface area contributed by atoms with E-state index in [2.05, 4.69) is 0 Å². The molecule has 2 atom stereocenters. The van der Waals surface area contributed by atoms with Crippen LogP contribution in [0.25, 0.3) is 0 Å². The SMILES string of the molecule is COc1cc(C)cc2c1C(=O)O[C@@H]2[C@@H](O)c1ccccc1. The lowest BCUT2D eigenvalue weighted by atomic mass is 9.95. The minimum atomic E-state index is -0.900. The van der Waals surface area contributed by atoms with Crippen molar-refractivity contribution in [3.8, 4) is 5.75 Å². The molecule has 1 aliphatic heterocycles. The zero-order chi connectivity index (χ0) is 15.0. The highest BCUT2D eigenvalue weighted by atomic mass is 16.6. The summed E-state index contributed by atoms with van der Waals surface area (Å²) in [6.07, 6.45) is -1.60. The van der Waals surface area contributed by atoms with Crippen molar-refractivity contribution in [3.63, 3.8) is 0 Å². The first-order valence-electron chi connectivity index (χ1n) is 6.74. The molecule has 108 valence electrons. The monoisotopic (exact) mass is 284 g/mol. The molecule has 0 saturated heterocycles. The Morgan fingerprint density at radius 3 is 2.62 bits per heavy atom. The molecule has 2 aromatic rings. The van der Waals surface area contributed by atoms with Crippen LogP contribution < -0.4 is 4.74 Å². The van der Waals surface area contributed by atoms with Gasteiger partial charge in [0.05, 0.1) is 7.11 Å². The molecule has 0 spiro atoms. The Hall–Kier alpha value is -2.33. The topological polar surface area (TPSA) is 55.8 Å². The maximum absolute atomic E-state index is 12.1. The zero-order valence-corrected chi connectivity index (χ0v) is 11.9. The van der Waals surface area contributed by atoms with Gasteiger partial charge in [-0.05, 0) is 24.1 Å². The fourth-order valence-corrected chi connectivity index (χ4v) is 2.68. The fourth-order valence-electron chi connectivity index (χ4n) is 2.68. The number of fused-ring (bicyclic) bond motifs is 1. The van der Waals surface area contributed by atoms with Gasteiger partial charge < -0.3 is 14.6 Å². The Bertz CT molecular complexity index is 679. The molecule has 21 heavy (non-hydrogen) atoms. The molecule has 0 radical (unpaired) electrons. The molecule has 3 rings (SSSR count). The van der Waals surface area contributed by atoms with Crippen LogP contribution in [-0.4, -0.2) is 18.2 Å². The Morgan fingerprint density at radius 2 is 1.95 bits per heavy atom. The maximum atomic E-state index is 12.1. The van der Waals surface area contributed by atoms with E-state index >= 15 is 0 Å². The highest BCUT2D eigenvalue weighted by molar-refractivity contribution is 5.97. The van der Waals surface area contributed by atoms with Gasteiger partial charge in [0.15, 0.2) is 6.10 Å². The summed E-state index contributed by atoms with van der Waals surface area (Å²) in [6, 6.07) is 12.8. The molecule has 0 aliphatic carbocycles. The minimum absolute atomic E-state index is 0.406. The number of cyclic esters (lactones) is 1. The first-order chi connectivity index (χ1) is 10.1. The summed E-state index contributed by atoms with van der Waals surface area (Å²) in [4.78, 5) is 12.1. The van der Waals surface area contributed by atoms with Gasteiger partial charge >= 0.3 is 5.97 Å². The van der Waals surface area contributed by atoms with E-state index in [-0.39, 0.29) is 0 Å². The van der Waals surface area contributed by atoms with Crippen LogP contribution in [0.3, 0.4) is 0 Å². The number of rotatable bonds is 3. The first kappa shape index (κ1) is 13.6. The molecule has 0 saturated carbocycles. The molecule has 0 bridgehead atoms. The van der Waals surface area contributed by atoms with E-state index in [1.54, 1.807) is 6.07 Å². The highest BCUT2D eigenvalue weighted by Gasteiger charge is 2.39. The Balaban J connectivity index is 2.06. The van der Waals surface area contributed by atoms with Gasteiger partial charge in [0.1, 0.15) is 17.4 Å². The average molecular weight is 284 g/mol. The van der Waals surface area contributed by atoms with Crippen molar-refractivity contribution in [1.29, 1.82) is 0 Å². The summed E-state index contributed by atoms with van der Waals surface area (Å²) in [6.45, 7) is 1.91. The number of aliphatic hydroxyl groups is 1. The van der Waals surface area contributed by atoms with Gasteiger partial charge in [-0.15, -0.1) is 0 Å². The minimum Gasteiger partial charge on any atom is -0.496 e. The molecule has 4 heteroatoms. The zero-order valence-electron chi connectivity index (χ0n) is 11.9. The summed E-state index contributed by atoms with van der Waals surface area (Å²) in [5, 5.41) is 10.5. The van der Waals surface area contributed by atoms with Crippen LogP contribution in [0, 0.1) is 6.92 Å². The van der Waals surface area contributed by atoms with E-state index < -0.39 is 18.2 Å². The number of hydrogen-bond donors (Lipinski definition) is 1. The predicted octanol–water partition coefficient (Wildman–Crippen LogP) is 2.95. The third kappa shape index (κ3) is 2.28. The van der Waals surface area contributed by atoms with Crippen LogP contribution in [0.15, 0.2) is 42.5 Å². The third-order valence-electron chi connectivity index (χ3n) is 3.67. The van der Waals surface area contributed by atoms with E-state index in [4.69, 9.17) is 9.47 Å². The Kier molecular flexibility index (Phi) is 3.39. The second kappa shape index (κ2) is 5.22. The Morgan fingerprint density at radius 1 is 1.24 bits per heavy atom. The van der Waals surface area contributed by atoms with Crippen molar-refractivity contribution in [2.45, 2.75) is 19.1 Å². The molecule has 1 aliphatic rings. The highest BCUT2D eigenvalue weighted by Crippen LogP contribution is 2.43. The van der Waals surface area contributed by atoms with Crippen LogP contribution in [0.2, 0.25) is 0 Å².